The predicted octanol–water partition coefficient (Wildman–Crippen LogP) is 3.07. The highest BCUT2D eigenvalue weighted by atomic mass is 35.5. The highest BCUT2D eigenvalue weighted by molar-refractivity contribution is 5.85. The van der Waals surface area contributed by atoms with Gasteiger partial charge in [0.15, 0.2) is 0 Å². The van der Waals surface area contributed by atoms with E-state index >= 15 is 0 Å². The van der Waals surface area contributed by atoms with Gasteiger partial charge in [-0.25, -0.2) is 0 Å². The van der Waals surface area contributed by atoms with Gasteiger partial charge in [-0.05, 0) is 19.1 Å². The monoisotopic (exact) mass is 337 g/mol. The summed E-state index contributed by atoms with van der Waals surface area (Å²) in [6.45, 7) is 5.91. The van der Waals surface area contributed by atoms with Gasteiger partial charge in [-0.15, -0.1) is 12.4 Å². The molecule has 0 amide bonds. The number of furan rings is 1. The SMILES string of the molecule is CC1CN(Cc2ccc(-c3cccc([N+](=O)[O-])c3)o2)CCN1.Cl. The van der Waals surface area contributed by atoms with Crippen LogP contribution in [-0.2, 0) is 6.54 Å². The lowest BCUT2D eigenvalue weighted by Gasteiger charge is -2.31. The Morgan fingerprint density at radius 1 is 1.39 bits per heavy atom. The van der Waals surface area contributed by atoms with E-state index in [1.165, 1.54) is 12.1 Å². The fourth-order valence-corrected chi connectivity index (χ4v) is 2.77. The maximum Gasteiger partial charge on any atom is 0.270 e. The smallest absolute Gasteiger partial charge is 0.270 e. The standard InChI is InChI=1S/C16H19N3O3.ClH/c1-12-10-18(8-7-17-12)11-15-5-6-16(22-15)13-3-2-4-14(9-13)19(20)21;/h2-6,9,12,17H,7-8,10-11H2,1H3;1H. The third-order valence-corrected chi connectivity index (χ3v) is 3.84. The lowest BCUT2D eigenvalue weighted by Crippen LogP contribution is -2.48. The Morgan fingerprint density at radius 2 is 2.22 bits per heavy atom. The lowest BCUT2D eigenvalue weighted by atomic mass is 10.1. The van der Waals surface area contributed by atoms with Crippen LogP contribution in [0.3, 0.4) is 0 Å². The summed E-state index contributed by atoms with van der Waals surface area (Å²) >= 11 is 0. The summed E-state index contributed by atoms with van der Waals surface area (Å²) in [7, 11) is 0. The van der Waals surface area contributed by atoms with Crippen molar-refractivity contribution in [1.29, 1.82) is 0 Å². The first-order valence-corrected chi connectivity index (χ1v) is 7.41. The van der Waals surface area contributed by atoms with E-state index in [1.54, 1.807) is 6.07 Å². The number of piperazine rings is 1. The van der Waals surface area contributed by atoms with Gasteiger partial charge < -0.3 is 9.73 Å². The van der Waals surface area contributed by atoms with E-state index in [0.717, 1.165) is 37.5 Å². The molecule has 1 saturated heterocycles. The molecule has 1 aromatic heterocycles. The third-order valence-electron chi connectivity index (χ3n) is 3.84. The van der Waals surface area contributed by atoms with E-state index in [-0.39, 0.29) is 18.1 Å². The van der Waals surface area contributed by atoms with Gasteiger partial charge >= 0.3 is 0 Å². The van der Waals surface area contributed by atoms with Crippen molar-refractivity contribution < 1.29 is 9.34 Å². The summed E-state index contributed by atoms with van der Waals surface area (Å²) in [5.74, 6) is 1.55. The Balaban J connectivity index is 0.00000192. The molecule has 2 aromatic rings. The molecule has 0 aliphatic carbocycles. The van der Waals surface area contributed by atoms with Gasteiger partial charge in [0, 0.05) is 43.4 Å². The summed E-state index contributed by atoms with van der Waals surface area (Å²) in [6, 6.07) is 10.8. The quantitative estimate of drug-likeness (QED) is 0.685. The molecule has 1 unspecified atom stereocenters. The number of halogens is 1. The van der Waals surface area contributed by atoms with Gasteiger partial charge in [0.1, 0.15) is 11.5 Å². The summed E-state index contributed by atoms with van der Waals surface area (Å²) < 4.78 is 5.86. The number of nitro benzene ring substituents is 1. The molecule has 2 heterocycles. The molecule has 3 rings (SSSR count). The first-order valence-electron chi connectivity index (χ1n) is 7.41. The molecule has 0 spiro atoms. The van der Waals surface area contributed by atoms with E-state index in [1.807, 2.05) is 18.2 Å². The molecule has 1 atom stereocenters. The average molecular weight is 338 g/mol. The van der Waals surface area contributed by atoms with E-state index < -0.39 is 4.92 Å². The lowest BCUT2D eigenvalue weighted by molar-refractivity contribution is -0.384. The first kappa shape index (κ1) is 17.5. The van der Waals surface area contributed by atoms with Crippen LogP contribution in [-0.4, -0.2) is 35.5 Å². The minimum absolute atomic E-state index is 0. The van der Waals surface area contributed by atoms with Crippen molar-refractivity contribution in [3.05, 3.63) is 52.3 Å². The van der Waals surface area contributed by atoms with Crippen molar-refractivity contribution in [3.63, 3.8) is 0 Å². The number of benzene rings is 1. The number of non-ortho nitro benzene ring substituents is 1. The zero-order valence-corrected chi connectivity index (χ0v) is 13.7. The molecule has 6 nitrogen and oxygen atoms in total. The Hall–Kier alpha value is -1.89. The van der Waals surface area contributed by atoms with Crippen LogP contribution in [0.25, 0.3) is 11.3 Å². The number of nitrogens with zero attached hydrogens (tertiary/aromatic N) is 2. The number of hydrogen-bond acceptors (Lipinski definition) is 5. The van der Waals surface area contributed by atoms with Gasteiger partial charge in [-0.1, -0.05) is 12.1 Å². The van der Waals surface area contributed by atoms with Gasteiger partial charge in [0.2, 0.25) is 0 Å². The van der Waals surface area contributed by atoms with Gasteiger partial charge in [-0.3, -0.25) is 15.0 Å². The van der Waals surface area contributed by atoms with Gasteiger partial charge in [-0.2, -0.15) is 0 Å². The van der Waals surface area contributed by atoms with Crippen LogP contribution in [0.15, 0.2) is 40.8 Å². The van der Waals surface area contributed by atoms with E-state index in [9.17, 15) is 10.1 Å². The number of rotatable bonds is 4. The average Bonchev–Trinajstić information content (AvgIpc) is 2.96. The maximum atomic E-state index is 10.8. The van der Waals surface area contributed by atoms with E-state index in [0.29, 0.717) is 11.8 Å². The first-order chi connectivity index (χ1) is 10.6. The normalized spacial score (nSPS) is 18.4. The molecule has 0 saturated carbocycles. The Bertz CT molecular complexity index is 674. The zero-order valence-electron chi connectivity index (χ0n) is 12.9. The number of hydrogen-bond donors (Lipinski definition) is 1. The van der Waals surface area contributed by atoms with Crippen molar-refractivity contribution in [2.45, 2.75) is 19.5 Å². The molecule has 23 heavy (non-hydrogen) atoms. The zero-order chi connectivity index (χ0) is 15.5. The molecule has 7 heteroatoms. The molecule has 124 valence electrons. The molecule has 1 N–H and O–H groups in total. The highest BCUT2D eigenvalue weighted by Gasteiger charge is 2.17. The molecular weight excluding hydrogens is 318 g/mol. The summed E-state index contributed by atoms with van der Waals surface area (Å²) in [5, 5.41) is 14.3. The Kier molecular flexibility index (Phi) is 5.76. The summed E-state index contributed by atoms with van der Waals surface area (Å²) in [4.78, 5) is 12.8. The van der Waals surface area contributed by atoms with Crippen molar-refractivity contribution in [1.82, 2.24) is 10.2 Å². The minimum atomic E-state index is -0.393. The van der Waals surface area contributed by atoms with Crippen molar-refractivity contribution >= 4 is 18.1 Å². The van der Waals surface area contributed by atoms with Gasteiger partial charge in [0.25, 0.3) is 5.69 Å². The minimum Gasteiger partial charge on any atom is -0.460 e. The highest BCUT2D eigenvalue weighted by Crippen LogP contribution is 2.26. The van der Waals surface area contributed by atoms with E-state index in [4.69, 9.17) is 4.42 Å². The summed E-state index contributed by atoms with van der Waals surface area (Å²) in [5.41, 5.74) is 0.806. The second-order valence-electron chi connectivity index (χ2n) is 5.66. The van der Waals surface area contributed by atoms with Crippen molar-refractivity contribution in [2.24, 2.45) is 0 Å². The van der Waals surface area contributed by atoms with Crippen LogP contribution >= 0.6 is 12.4 Å². The molecule has 1 aliphatic heterocycles. The van der Waals surface area contributed by atoms with Gasteiger partial charge in [0.05, 0.1) is 11.5 Å². The topological polar surface area (TPSA) is 71.5 Å². The third kappa shape index (κ3) is 4.31. The van der Waals surface area contributed by atoms with Crippen molar-refractivity contribution in [2.75, 3.05) is 19.6 Å². The van der Waals surface area contributed by atoms with Crippen LogP contribution in [0.4, 0.5) is 5.69 Å². The number of nitro groups is 1. The van der Waals surface area contributed by atoms with Crippen LogP contribution < -0.4 is 5.32 Å². The molecule has 0 bridgehead atoms. The Morgan fingerprint density at radius 3 is 2.96 bits per heavy atom. The van der Waals surface area contributed by atoms with Crippen LogP contribution in [0.1, 0.15) is 12.7 Å². The fraction of sp³-hybridized carbons (Fsp3) is 0.375. The predicted molar refractivity (Wildman–Crippen MR) is 90.8 cm³/mol. The van der Waals surface area contributed by atoms with Crippen LogP contribution in [0.5, 0.6) is 0 Å². The molecule has 0 radical (unpaired) electrons. The maximum absolute atomic E-state index is 10.8. The second kappa shape index (κ2) is 7.59. The fourth-order valence-electron chi connectivity index (χ4n) is 2.77. The largest absolute Gasteiger partial charge is 0.460 e. The molecule has 1 aromatic carbocycles. The summed E-state index contributed by atoms with van der Waals surface area (Å²) in [6.07, 6.45) is 0. The van der Waals surface area contributed by atoms with Crippen LogP contribution in [0, 0.1) is 10.1 Å². The van der Waals surface area contributed by atoms with E-state index in [2.05, 4.69) is 17.1 Å². The molecular formula is C16H20ClN3O3. The second-order valence-corrected chi connectivity index (χ2v) is 5.66. The molecule has 1 fully saturated rings. The Labute approximate surface area is 141 Å². The number of nitrogens with one attached hydrogen (secondary N) is 1. The molecule has 1 aliphatic rings. The van der Waals surface area contributed by atoms with Crippen LogP contribution in [0.2, 0.25) is 0 Å². The van der Waals surface area contributed by atoms with Crippen molar-refractivity contribution in [3.8, 4) is 11.3 Å².